The summed E-state index contributed by atoms with van der Waals surface area (Å²) in [6, 6.07) is 4.26. The van der Waals surface area contributed by atoms with E-state index in [1.165, 1.54) is 18.2 Å². The number of nitrogens with two attached hydrogens (primary N) is 1. The molecule has 0 fully saturated rings. The summed E-state index contributed by atoms with van der Waals surface area (Å²) in [5.41, 5.74) is 0.976. The van der Waals surface area contributed by atoms with Crippen molar-refractivity contribution in [3.05, 3.63) is 35.4 Å². The highest BCUT2D eigenvalue weighted by atomic mass is 19.4. The summed E-state index contributed by atoms with van der Waals surface area (Å²) < 4.78 is 37.5. The lowest BCUT2D eigenvalue weighted by molar-refractivity contribution is -0.138. The van der Waals surface area contributed by atoms with Crippen LogP contribution in [-0.2, 0) is 12.7 Å². The molecule has 0 heterocycles. The zero-order valence-corrected chi connectivity index (χ0v) is 8.14. The van der Waals surface area contributed by atoms with E-state index in [2.05, 4.69) is 5.32 Å². The van der Waals surface area contributed by atoms with Crippen molar-refractivity contribution in [2.45, 2.75) is 12.7 Å². The molecule has 0 aliphatic carbocycles. The van der Waals surface area contributed by atoms with Gasteiger partial charge in [0.1, 0.15) is 0 Å². The molecular formula is C9H10F3N3O. The van der Waals surface area contributed by atoms with Gasteiger partial charge in [-0.2, -0.15) is 13.2 Å². The van der Waals surface area contributed by atoms with Crippen LogP contribution in [0.1, 0.15) is 11.1 Å². The van der Waals surface area contributed by atoms with Gasteiger partial charge in [-0.25, -0.2) is 10.6 Å². The van der Waals surface area contributed by atoms with Gasteiger partial charge in [-0.3, -0.25) is 5.43 Å². The normalized spacial score (nSPS) is 11.0. The number of hydrazine groups is 1. The molecule has 0 unspecified atom stereocenters. The van der Waals surface area contributed by atoms with E-state index >= 15 is 0 Å². The van der Waals surface area contributed by atoms with E-state index in [0.717, 1.165) is 6.07 Å². The van der Waals surface area contributed by atoms with Crippen LogP contribution in [0.25, 0.3) is 0 Å². The van der Waals surface area contributed by atoms with Crippen LogP contribution in [0.15, 0.2) is 24.3 Å². The Bertz CT molecular complexity index is 379. The standard InChI is InChI=1S/C9H10F3N3O/c10-9(11,12)7-4-2-1-3-6(7)5-14-8(16)15-13/h1-4H,5,13H2,(H2,14,15,16). The van der Waals surface area contributed by atoms with E-state index in [1.807, 2.05) is 0 Å². The van der Waals surface area contributed by atoms with Crippen molar-refractivity contribution in [3.8, 4) is 0 Å². The molecule has 0 aliphatic heterocycles. The monoisotopic (exact) mass is 233 g/mol. The van der Waals surface area contributed by atoms with Crippen molar-refractivity contribution in [1.29, 1.82) is 0 Å². The van der Waals surface area contributed by atoms with Crippen molar-refractivity contribution >= 4 is 6.03 Å². The van der Waals surface area contributed by atoms with Gasteiger partial charge in [0, 0.05) is 6.54 Å². The van der Waals surface area contributed by atoms with Gasteiger partial charge >= 0.3 is 12.2 Å². The maximum Gasteiger partial charge on any atom is 0.416 e. The summed E-state index contributed by atoms with van der Waals surface area (Å²) in [7, 11) is 0. The smallest absolute Gasteiger partial charge is 0.333 e. The minimum absolute atomic E-state index is 0.0152. The number of rotatable bonds is 2. The van der Waals surface area contributed by atoms with Crippen LogP contribution >= 0.6 is 0 Å². The first kappa shape index (κ1) is 12.3. The molecule has 88 valence electrons. The van der Waals surface area contributed by atoms with E-state index in [4.69, 9.17) is 5.84 Å². The van der Waals surface area contributed by atoms with Crippen LogP contribution in [0.4, 0.5) is 18.0 Å². The highest BCUT2D eigenvalue weighted by Crippen LogP contribution is 2.31. The molecule has 1 rings (SSSR count). The predicted molar refractivity (Wildman–Crippen MR) is 51.0 cm³/mol. The lowest BCUT2D eigenvalue weighted by Gasteiger charge is -2.12. The summed E-state index contributed by atoms with van der Waals surface area (Å²) >= 11 is 0. The van der Waals surface area contributed by atoms with Crippen molar-refractivity contribution in [3.63, 3.8) is 0 Å². The molecule has 0 atom stereocenters. The van der Waals surface area contributed by atoms with Gasteiger partial charge in [-0.1, -0.05) is 18.2 Å². The summed E-state index contributed by atoms with van der Waals surface area (Å²) in [6.45, 7) is -0.237. The molecule has 0 radical (unpaired) electrons. The van der Waals surface area contributed by atoms with Gasteiger partial charge in [0.2, 0.25) is 0 Å². The Morgan fingerprint density at radius 2 is 1.94 bits per heavy atom. The molecule has 0 bridgehead atoms. The number of halogens is 3. The summed E-state index contributed by atoms with van der Waals surface area (Å²) in [6.07, 6.45) is -4.43. The van der Waals surface area contributed by atoms with Crippen molar-refractivity contribution in [2.24, 2.45) is 5.84 Å². The second kappa shape index (κ2) is 4.84. The number of nitrogens with one attached hydrogen (secondary N) is 2. The third-order valence-corrected chi connectivity index (χ3v) is 1.89. The Morgan fingerprint density at radius 3 is 2.50 bits per heavy atom. The fraction of sp³-hybridized carbons (Fsp3) is 0.222. The number of benzene rings is 1. The number of amides is 2. The van der Waals surface area contributed by atoms with Gasteiger partial charge in [-0.05, 0) is 11.6 Å². The number of carbonyl (C=O) groups excluding carboxylic acids is 1. The molecule has 2 amide bonds. The van der Waals surface area contributed by atoms with Crippen molar-refractivity contribution < 1.29 is 18.0 Å². The van der Waals surface area contributed by atoms with Gasteiger partial charge in [0.05, 0.1) is 5.56 Å². The molecule has 0 saturated heterocycles. The maximum absolute atomic E-state index is 12.5. The van der Waals surface area contributed by atoms with Crippen LogP contribution in [0.5, 0.6) is 0 Å². The van der Waals surface area contributed by atoms with Gasteiger partial charge in [0.15, 0.2) is 0 Å². The van der Waals surface area contributed by atoms with Crippen LogP contribution in [-0.4, -0.2) is 6.03 Å². The summed E-state index contributed by atoms with van der Waals surface area (Å²) in [5, 5.41) is 2.19. The lowest BCUT2D eigenvalue weighted by Crippen LogP contribution is -2.39. The topological polar surface area (TPSA) is 67.1 Å². The molecule has 1 aromatic carbocycles. The largest absolute Gasteiger partial charge is 0.416 e. The number of hydrogen-bond acceptors (Lipinski definition) is 2. The van der Waals surface area contributed by atoms with Crippen LogP contribution in [0.2, 0.25) is 0 Å². The Morgan fingerprint density at radius 1 is 1.31 bits per heavy atom. The average Bonchev–Trinajstić information content (AvgIpc) is 2.25. The number of alkyl halides is 3. The Kier molecular flexibility index (Phi) is 3.73. The quantitative estimate of drug-likeness (QED) is 0.410. The Balaban J connectivity index is 2.84. The molecular weight excluding hydrogens is 223 g/mol. The number of carbonyl (C=O) groups is 1. The molecule has 0 spiro atoms. The van der Waals surface area contributed by atoms with E-state index in [1.54, 1.807) is 5.43 Å². The summed E-state index contributed by atoms with van der Waals surface area (Å²) in [4.78, 5) is 10.7. The van der Waals surface area contributed by atoms with Gasteiger partial charge in [-0.15, -0.1) is 0 Å². The average molecular weight is 233 g/mol. The molecule has 7 heteroatoms. The van der Waals surface area contributed by atoms with E-state index in [9.17, 15) is 18.0 Å². The fourth-order valence-corrected chi connectivity index (χ4v) is 1.18. The maximum atomic E-state index is 12.5. The Labute approximate surface area is 89.6 Å². The molecule has 0 aromatic heterocycles. The minimum atomic E-state index is -4.43. The highest BCUT2D eigenvalue weighted by molar-refractivity contribution is 5.73. The lowest BCUT2D eigenvalue weighted by atomic mass is 10.1. The molecule has 4 N–H and O–H groups in total. The van der Waals surface area contributed by atoms with E-state index < -0.39 is 17.8 Å². The van der Waals surface area contributed by atoms with Crippen molar-refractivity contribution in [1.82, 2.24) is 10.7 Å². The van der Waals surface area contributed by atoms with E-state index in [-0.39, 0.29) is 12.1 Å². The van der Waals surface area contributed by atoms with Gasteiger partial charge in [0.25, 0.3) is 0 Å². The fourth-order valence-electron chi connectivity index (χ4n) is 1.18. The van der Waals surface area contributed by atoms with Crippen LogP contribution in [0, 0.1) is 0 Å². The Hall–Kier alpha value is -1.76. The third-order valence-electron chi connectivity index (χ3n) is 1.89. The second-order valence-corrected chi connectivity index (χ2v) is 2.98. The van der Waals surface area contributed by atoms with E-state index in [0.29, 0.717) is 0 Å². The summed E-state index contributed by atoms with van der Waals surface area (Å²) in [5.74, 6) is 4.78. The van der Waals surface area contributed by atoms with Crippen molar-refractivity contribution in [2.75, 3.05) is 0 Å². The van der Waals surface area contributed by atoms with Crippen LogP contribution < -0.4 is 16.6 Å². The zero-order valence-electron chi connectivity index (χ0n) is 8.14. The van der Waals surface area contributed by atoms with Gasteiger partial charge < -0.3 is 5.32 Å². The first-order valence-corrected chi connectivity index (χ1v) is 4.34. The minimum Gasteiger partial charge on any atom is -0.333 e. The third kappa shape index (κ3) is 3.13. The molecule has 4 nitrogen and oxygen atoms in total. The number of urea groups is 1. The highest BCUT2D eigenvalue weighted by Gasteiger charge is 2.32. The number of hydrogen-bond donors (Lipinski definition) is 3. The second-order valence-electron chi connectivity index (χ2n) is 2.98. The molecule has 16 heavy (non-hydrogen) atoms. The predicted octanol–water partition coefficient (Wildman–Crippen LogP) is 1.38. The SMILES string of the molecule is NNC(=O)NCc1ccccc1C(F)(F)F. The molecule has 0 aliphatic rings. The van der Waals surface area contributed by atoms with Crippen LogP contribution in [0.3, 0.4) is 0 Å². The first-order valence-electron chi connectivity index (χ1n) is 4.34. The molecule has 0 saturated carbocycles. The first-order chi connectivity index (χ1) is 7.45. The zero-order chi connectivity index (χ0) is 12.2. The molecule has 1 aromatic rings.